The second kappa shape index (κ2) is 9.17. The number of phenolic OH excluding ortho intramolecular Hbond substituents is 1. The number of anilines is 1. The van der Waals surface area contributed by atoms with Crippen molar-refractivity contribution in [1.82, 2.24) is 4.98 Å². The van der Waals surface area contributed by atoms with E-state index in [2.05, 4.69) is 65.9 Å². The molecule has 4 nitrogen and oxygen atoms in total. The molecule has 3 aromatic rings. The molecule has 0 unspecified atom stereocenters. The fraction of sp³-hybridized carbons (Fsp3) is 0.448. The summed E-state index contributed by atoms with van der Waals surface area (Å²) in [5.41, 5.74) is 6.34. The van der Waals surface area contributed by atoms with Gasteiger partial charge in [-0.05, 0) is 58.9 Å². The van der Waals surface area contributed by atoms with E-state index in [9.17, 15) is 9.90 Å². The predicted octanol–water partition coefficient (Wildman–Crippen LogP) is 6.98. The quantitative estimate of drug-likeness (QED) is 0.444. The third-order valence-electron chi connectivity index (χ3n) is 6.26. The summed E-state index contributed by atoms with van der Waals surface area (Å²) in [7, 11) is 0. The zero-order chi connectivity index (χ0) is 24.6. The monoisotopic (exact) mass is 446 g/mol. The van der Waals surface area contributed by atoms with Gasteiger partial charge in [-0.3, -0.25) is 9.78 Å². The molecule has 0 saturated heterocycles. The average molecular weight is 447 g/mol. The zero-order valence-corrected chi connectivity index (χ0v) is 21.4. The third kappa shape index (κ3) is 5.38. The van der Waals surface area contributed by atoms with Gasteiger partial charge < -0.3 is 10.4 Å². The van der Waals surface area contributed by atoms with E-state index in [0.717, 1.165) is 51.0 Å². The Morgan fingerprint density at radius 2 is 1.58 bits per heavy atom. The lowest BCUT2D eigenvalue weighted by Gasteiger charge is -2.28. The summed E-state index contributed by atoms with van der Waals surface area (Å²) < 4.78 is 0. The summed E-state index contributed by atoms with van der Waals surface area (Å²) >= 11 is 0. The molecule has 2 N–H and O–H groups in total. The van der Waals surface area contributed by atoms with Crippen molar-refractivity contribution in [2.45, 2.75) is 85.5 Å². The molecule has 0 saturated carbocycles. The fourth-order valence-electron chi connectivity index (χ4n) is 4.31. The van der Waals surface area contributed by atoms with E-state index in [1.54, 1.807) is 0 Å². The first-order chi connectivity index (χ1) is 15.3. The van der Waals surface area contributed by atoms with Gasteiger partial charge in [0.2, 0.25) is 5.91 Å². The minimum absolute atomic E-state index is 0.0146. The highest BCUT2D eigenvalue weighted by molar-refractivity contribution is 6.02. The number of fused-ring (bicyclic) bond motifs is 1. The first-order valence-electron chi connectivity index (χ1n) is 11.9. The summed E-state index contributed by atoms with van der Waals surface area (Å²) in [6.45, 7) is 16.7. The first-order valence-corrected chi connectivity index (χ1v) is 11.9. The molecule has 176 valence electrons. The molecule has 4 heteroatoms. The molecule has 33 heavy (non-hydrogen) atoms. The number of aryl methyl sites for hydroxylation is 2. The molecule has 3 rings (SSSR count). The third-order valence-corrected chi connectivity index (χ3v) is 6.26. The predicted molar refractivity (Wildman–Crippen MR) is 138 cm³/mol. The summed E-state index contributed by atoms with van der Waals surface area (Å²) in [6.07, 6.45) is 1.80. The lowest BCUT2D eigenvalue weighted by Crippen LogP contribution is -2.19. The van der Waals surface area contributed by atoms with Gasteiger partial charge in [-0.15, -0.1) is 0 Å². The smallest absolute Gasteiger partial charge is 0.224 e. The lowest BCUT2D eigenvalue weighted by atomic mass is 9.78. The molecule has 2 aromatic carbocycles. The van der Waals surface area contributed by atoms with Gasteiger partial charge >= 0.3 is 0 Å². The number of nitrogens with zero attached hydrogens (tertiary/aromatic N) is 1. The van der Waals surface area contributed by atoms with Gasteiger partial charge in [-0.1, -0.05) is 78.8 Å². The number of aromatic hydroxyl groups is 1. The molecular weight excluding hydrogens is 408 g/mol. The molecule has 0 fully saturated rings. The molecule has 1 aromatic heterocycles. The largest absolute Gasteiger partial charge is 0.507 e. The number of hydrogen-bond acceptors (Lipinski definition) is 3. The van der Waals surface area contributed by atoms with Crippen molar-refractivity contribution in [3.05, 3.63) is 64.3 Å². The molecule has 0 bridgehead atoms. The number of para-hydroxylation sites is 1. The molecule has 0 aliphatic rings. The van der Waals surface area contributed by atoms with E-state index in [-0.39, 0.29) is 16.7 Å². The Hall–Kier alpha value is -2.88. The van der Waals surface area contributed by atoms with Crippen LogP contribution in [0.5, 0.6) is 5.75 Å². The number of phenols is 1. The Kier molecular flexibility index (Phi) is 6.88. The Labute approximate surface area is 198 Å². The summed E-state index contributed by atoms with van der Waals surface area (Å²) in [5.74, 6) is 0.355. The average Bonchev–Trinajstić information content (AvgIpc) is 2.73. The Bertz CT molecular complexity index is 1150. The molecule has 0 radical (unpaired) electrons. The van der Waals surface area contributed by atoms with Crippen LogP contribution in [0, 0.1) is 6.92 Å². The topological polar surface area (TPSA) is 62.2 Å². The molecule has 0 atom stereocenters. The van der Waals surface area contributed by atoms with Crippen molar-refractivity contribution >= 4 is 22.5 Å². The van der Waals surface area contributed by atoms with Crippen molar-refractivity contribution in [2.75, 3.05) is 5.32 Å². The van der Waals surface area contributed by atoms with Crippen LogP contribution in [0.1, 0.15) is 82.8 Å². The second-order valence-electron chi connectivity index (χ2n) is 11.0. The second-order valence-corrected chi connectivity index (χ2v) is 11.0. The number of nitrogens with one attached hydrogen (secondary N) is 1. The summed E-state index contributed by atoms with van der Waals surface area (Å²) in [5, 5.41) is 15.1. The van der Waals surface area contributed by atoms with Crippen LogP contribution in [0.3, 0.4) is 0 Å². The van der Waals surface area contributed by atoms with Crippen molar-refractivity contribution in [2.24, 2.45) is 0 Å². The Morgan fingerprint density at radius 3 is 2.12 bits per heavy atom. The lowest BCUT2D eigenvalue weighted by molar-refractivity contribution is -0.116. The molecule has 0 aliphatic carbocycles. The van der Waals surface area contributed by atoms with Gasteiger partial charge in [-0.2, -0.15) is 0 Å². The standard InChI is InChI=1S/C29H38N2O2/c1-9-23-18(2)26(20-12-10-11-13-24(20)30-23)31-25(32)15-14-19-16-21(28(3,4)5)27(33)22(17-19)29(6,7)8/h10-13,16-17,33H,9,14-15H2,1-8H3,(H,30,31,32). The highest BCUT2D eigenvalue weighted by atomic mass is 16.3. The molecular formula is C29H38N2O2. The van der Waals surface area contributed by atoms with Crippen LogP contribution in [-0.2, 0) is 28.5 Å². The SMILES string of the molecule is CCc1nc2ccccc2c(NC(=O)CCc2cc(C(C)(C)C)c(O)c(C(C)(C)C)c2)c1C. The van der Waals surface area contributed by atoms with E-state index >= 15 is 0 Å². The number of rotatable bonds is 5. The summed E-state index contributed by atoms with van der Waals surface area (Å²) in [4.78, 5) is 17.8. The van der Waals surface area contributed by atoms with Crippen molar-refractivity contribution < 1.29 is 9.90 Å². The van der Waals surface area contributed by atoms with Crippen molar-refractivity contribution in [1.29, 1.82) is 0 Å². The fourth-order valence-corrected chi connectivity index (χ4v) is 4.31. The molecule has 0 spiro atoms. The van der Waals surface area contributed by atoms with E-state index in [0.29, 0.717) is 18.6 Å². The maximum absolute atomic E-state index is 13.0. The van der Waals surface area contributed by atoms with Gasteiger partial charge in [-0.25, -0.2) is 0 Å². The van der Waals surface area contributed by atoms with Crippen LogP contribution in [0.15, 0.2) is 36.4 Å². The maximum Gasteiger partial charge on any atom is 0.224 e. The van der Waals surface area contributed by atoms with Crippen LogP contribution in [0.4, 0.5) is 5.69 Å². The van der Waals surface area contributed by atoms with Gasteiger partial charge in [0.15, 0.2) is 0 Å². The highest BCUT2D eigenvalue weighted by Gasteiger charge is 2.26. The van der Waals surface area contributed by atoms with Crippen LogP contribution in [-0.4, -0.2) is 16.0 Å². The number of pyridine rings is 1. The maximum atomic E-state index is 13.0. The normalized spacial score (nSPS) is 12.2. The highest BCUT2D eigenvalue weighted by Crippen LogP contribution is 2.40. The van der Waals surface area contributed by atoms with Crippen LogP contribution < -0.4 is 5.32 Å². The van der Waals surface area contributed by atoms with E-state index in [1.165, 1.54) is 0 Å². The van der Waals surface area contributed by atoms with Crippen molar-refractivity contribution in [3.63, 3.8) is 0 Å². The molecule has 1 heterocycles. The van der Waals surface area contributed by atoms with E-state index < -0.39 is 0 Å². The van der Waals surface area contributed by atoms with E-state index in [4.69, 9.17) is 4.98 Å². The number of aromatic nitrogens is 1. The number of carbonyl (C=O) groups is 1. The summed E-state index contributed by atoms with van der Waals surface area (Å²) in [6, 6.07) is 12.1. The van der Waals surface area contributed by atoms with Gasteiger partial charge in [0.1, 0.15) is 5.75 Å². The van der Waals surface area contributed by atoms with Crippen molar-refractivity contribution in [3.8, 4) is 5.75 Å². The molecule has 1 amide bonds. The van der Waals surface area contributed by atoms with Gasteiger partial charge in [0.25, 0.3) is 0 Å². The molecule has 0 aliphatic heterocycles. The number of carbonyl (C=O) groups excluding carboxylic acids is 1. The minimum atomic E-state index is -0.189. The zero-order valence-electron chi connectivity index (χ0n) is 21.4. The Morgan fingerprint density at radius 1 is 1.00 bits per heavy atom. The van der Waals surface area contributed by atoms with Gasteiger partial charge in [0.05, 0.1) is 11.2 Å². The van der Waals surface area contributed by atoms with Crippen LogP contribution in [0.2, 0.25) is 0 Å². The number of hydrogen-bond donors (Lipinski definition) is 2. The Balaban J connectivity index is 1.89. The van der Waals surface area contributed by atoms with Crippen LogP contribution in [0.25, 0.3) is 10.9 Å². The van der Waals surface area contributed by atoms with Crippen LogP contribution >= 0.6 is 0 Å². The first kappa shape index (κ1) is 24.8. The van der Waals surface area contributed by atoms with Gasteiger partial charge in [0, 0.05) is 17.5 Å². The number of benzene rings is 2. The number of amides is 1. The van der Waals surface area contributed by atoms with E-state index in [1.807, 2.05) is 31.2 Å². The minimum Gasteiger partial charge on any atom is -0.507 e.